The Morgan fingerprint density at radius 2 is 1.94 bits per heavy atom. The SMILES string of the molecule is C[C@@H]1CC=C2[C@@]1(C)[C@@H](O)[C@H]1CC(C)(C)C[C@@]21O. The van der Waals surface area contributed by atoms with Crippen molar-refractivity contribution in [3.8, 4) is 0 Å². The van der Waals surface area contributed by atoms with Crippen molar-refractivity contribution in [3.63, 3.8) is 0 Å². The summed E-state index contributed by atoms with van der Waals surface area (Å²) in [6.07, 6.45) is 4.56. The Labute approximate surface area is 104 Å². The van der Waals surface area contributed by atoms with E-state index in [9.17, 15) is 10.2 Å². The van der Waals surface area contributed by atoms with Crippen molar-refractivity contribution in [1.82, 2.24) is 0 Å². The molecule has 3 aliphatic carbocycles. The smallest absolute Gasteiger partial charge is 0.0921 e. The number of allylic oxidation sites excluding steroid dienone is 1. The fourth-order valence-electron chi connectivity index (χ4n) is 4.90. The van der Waals surface area contributed by atoms with E-state index in [1.54, 1.807) is 0 Å². The average Bonchev–Trinajstić information content (AvgIpc) is 2.68. The van der Waals surface area contributed by atoms with E-state index in [4.69, 9.17) is 0 Å². The Hall–Kier alpha value is -0.340. The summed E-state index contributed by atoms with van der Waals surface area (Å²) in [5, 5.41) is 21.8. The molecule has 0 spiro atoms. The number of aliphatic hydroxyl groups is 2. The van der Waals surface area contributed by atoms with Gasteiger partial charge in [0.1, 0.15) is 0 Å². The second-order valence-electron chi connectivity index (χ2n) is 7.56. The molecule has 2 fully saturated rings. The molecule has 0 aromatic heterocycles. The highest BCUT2D eigenvalue weighted by Crippen LogP contribution is 2.67. The first-order valence-electron chi connectivity index (χ1n) is 6.83. The average molecular weight is 236 g/mol. The van der Waals surface area contributed by atoms with Crippen LogP contribution in [0.5, 0.6) is 0 Å². The summed E-state index contributed by atoms with van der Waals surface area (Å²) < 4.78 is 0. The third-order valence-electron chi connectivity index (χ3n) is 5.88. The number of hydrogen-bond donors (Lipinski definition) is 2. The van der Waals surface area contributed by atoms with E-state index in [-0.39, 0.29) is 22.9 Å². The van der Waals surface area contributed by atoms with Crippen LogP contribution in [0.1, 0.15) is 47.0 Å². The van der Waals surface area contributed by atoms with E-state index in [0.717, 1.165) is 24.8 Å². The van der Waals surface area contributed by atoms with Crippen molar-refractivity contribution in [2.45, 2.75) is 58.7 Å². The molecule has 0 saturated heterocycles. The standard InChI is InChI=1S/C15H24O2/c1-9-5-6-11-14(9,4)12(16)10-7-13(2,3)8-15(10,11)17/h6,9-10,12,16-17H,5,7-8H2,1-4H3/t9-,10-,12+,14+,15+/m1/s1. The zero-order chi connectivity index (χ0) is 12.6. The molecule has 0 heterocycles. The fraction of sp³-hybridized carbons (Fsp3) is 0.867. The summed E-state index contributed by atoms with van der Waals surface area (Å²) in [4.78, 5) is 0. The largest absolute Gasteiger partial charge is 0.392 e. The van der Waals surface area contributed by atoms with Crippen LogP contribution in [0.3, 0.4) is 0 Å². The molecule has 0 amide bonds. The summed E-state index contributed by atoms with van der Waals surface area (Å²) in [7, 11) is 0. The summed E-state index contributed by atoms with van der Waals surface area (Å²) in [6, 6.07) is 0. The van der Waals surface area contributed by atoms with Gasteiger partial charge in [-0.25, -0.2) is 0 Å². The molecule has 2 N–H and O–H groups in total. The van der Waals surface area contributed by atoms with Gasteiger partial charge in [0.25, 0.3) is 0 Å². The van der Waals surface area contributed by atoms with Gasteiger partial charge in [0.2, 0.25) is 0 Å². The predicted molar refractivity (Wildman–Crippen MR) is 67.4 cm³/mol. The van der Waals surface area contributed by atoms with Gasteiger partial charge < -0.3 is 10.2 Å². The zero-order valence-corrected chi connectivity index (χ0v) is 11.3. The maximum atomic E-state index is 11.1. The Bertz CT molecular complexity index is 398. The van der Waals surface area contributed by atoms with Gasteiger partial charge in [-0.2, -0.15) is 0 Å². The van der Waals surface area contributed by atoms with Crippen LogP contribution >= 0.6 is 0 Å². The third kappa shape index (κ3) is 1.18. The number of rotatable bonds is 0. The van der Waals surface area contributed by atoms with Gasteiger partial charge in [0.15, 0.2) is 0 Å². The Kier molecular flexibility index (Phi) is 2.05. The molecule has 0 bridgehead atoms. The van der Waals surface area contributed by atoms with E-state index in [1.807, 2.05) is 0 Å². The lowest BCUT2D eigenvalue weighted by Crippen LogP contribution is -2.36. The molecule has 96 valence electrons. The van der Waals surface area contributed by atoms with Gasteiger partial charge in [-0.3, -0.25) is 0 Å². The third-order valence-corrected chi connectivity index (χ3v) is 5.88. The van der Waals surface area contributed by atoms with Crippen molar-refractivity contribution in [2.24, 2.45) is 22.7 Å². The highest BCUT2D eigenvalue weighted by atomic mass is 16.3. The van der Waals surface area contributed by atoms with E-state index in [0.29, 0.717) is 5.92 Å². The first-order chi connectivity index (χ1) is 7.72. The molecule has 2 saturated carbocycles. The number of hydrogen-bond acceptors (Lipinski definition) is 2. The molecule has 0 radical (unpaired) electrons. The number of aliphatic hydroxyl groups excluding tert-OH is 1. The number of fused-ring (bicyclic) bond motifs is 3. The summed E-state index contributed by atoms with van der Waals surface area (Å²) in [5.41, 5.74) is 0.368. The molecule has 17 heavy (non-hydrogen) atoms. The first-order valence-corrected chi connectivity index (χ1v) is 6.83. The van der Waals surface area contributed by atoms with Gasteiger partial charge in [-0.15, -0.1) is 0 Å². The predicted octanol–water partition coefficient (Wildman–Crippen LogP) is 2.50. The van der Waals surface area contributed by atoms with Gasteiger partial charge >= 0.3 is 0 Å². The van der Waals surface area contributed by atoms with E-state index in [2.05, 4.69) is 33.8 Å². The summed E-state index contributed by atoms with van der Waals surface area (Å²) in [5.74, 6) is 0.488. The Morgan fingerprint density at radius 3 is 2.59 bits per heavy atom. The van der Waals surface area contributed by atoms with Crippen molar-refractivity contribution < 1.29 is 10.2 Å². The van der Waals surface area contributed by atoms with Crippen molar-refractivity contribution >= 4 is 0 Å². The second-order valence-corrected chi connectivity index (χ2v) is 7.56. The minimum Gasteiger partial charge on any atom is -0.392 e. The maximum absolute atomic E-state index is 11.1. The molecular weight excluding hydrogens is 212 g/mol. The van der Waals surface area contributed by atoms with Crippen LogP contribution in [-0.2, 0) is 0 Å². The molecule has 0 aromatic carbocycles. The fourth-order valence-corrected chi connectivity index (χ4v) is 4.90. The van der Waals surface area contributed by atoms with Crippen LogP contribution in [0.25, 0.3) is 0 Å². The van der Waals surface area contributed by atoms with Crippen LogP contribution in [-0.4, -0.2) is 21.9 Å². The molecule has 3 rings (SSSR count). The van der Waals surface area contributed by atoms with Crippen LogP contribution in [0.2, 0.25) is 0 Å². The molecule has 3 aliphatic rings. The lowest BCUT2D eigenvalue weighted by molar-refractivity contribution is -0.0128. The molecule has 0 aliphatic heterocycles. The molecule has 2 nitrogen and oxygen atoms in total. The van der Waals surface area contributed by atoms with Crippen LogP contribution < -0.4 is 0 Å². The highest BCUT2D eigenvalue weighted by molar-refractivity contribution is 5.41. The lowest BCUT2D eigenvalue weighted by atomic mass is 9.72. The van der Waals surface area contributed by atoms with Crippen molar-refractivity contribution in [1.29, 1.82) is 0 Å². The van der Waals surface area contributed by atoms with Gasteiger partial charge in [-0.05, 0) is 36.2 Å². The molecule has 0 aromatic rings. The lowest BCUT2D eigenvalue weighted by Gasteiger charge is -2.35. The Morgan fingerprint density at radius 1 is 1.29 bits per heavy atom. The monoisotopic (exact) mass is 236 g/mol. The van der Waals surface area contributed by atoms with E-state index >= 15 is 0 Å². The van der Waals surface area contributed by atoms with E-state index < -0.39 is 5.60 Å². The van der Waals surface area contributed by atoms with Gasteiger partial charge in [0.05, 0.1) is 11.7 Å². The minimum absolute atomic E-state index is 0.0384. The van der Waals surface area contributed by atoms with Crippen molar-refractivity contribution in [2.75, 3.05) is 0 Å². The molecular formula is C15H24O2. The van der Waals surface area contributed by atoms with Crippen LogP contribution in [0, 0.1) is 22.7 Å². The minimum atomic E-state index is -0.734. The summed E-state index contributed by atoms with van der Waals surface area (Å²) >= 11 is 0. The van der Waals surface area contributed by atoms with Crippen LogP contribution in [0.15, 0.2) is 11.6 Å². The topological polar surface area (TPSA) is 40.5 Å². The normalized spacial score (nSPS) is 55.6. The quantitative estimate of drug-likeness (QED) is 0.634. The van der Waals surface area contributed by atoms with Gasteiger partial charge in [0, 0.05) is 11.3 Å². The van der Waals surface area contributed by atoms with Gasteiger partial charge in [-0.1, -0.05) is 33.8 Å². The molecule has 2 heteroatoms. The summed E-state index contributed by atoms with van der Waals surface area (Å²) in [6.45, 7) is 8.74. The maximum Gasteiger partial charge on any atom is 0.0921 e. The Balaban J connectivity index is 2.09. The van der Waals surface area contributed by atoms with Crippen molar-refractivity contribution in [3.05, 3.63) is 11.6 Å². The second kappa shape index (κ2) is 2.97. The van der Waals surface area contributed by atoms with Crippen LogP contribution in [0.4, 0.5) is 0 Å². The molecule has 0 unspecified atom stereocenters. The molecule has 5 atom stereocenters. The first kappa shape index (κ1) is 11.7. The highest BCUT2D eigenvalue weighted by Gasteiger charge is 2.68. The zero-order valence-electron chi connectivity index (χ0n) is 11.3. The van der Waals surface area contributed by atoms with E-state index in [1.165, 1.54) is 0 Å².